The number of halogens is 2. The maximum Gasteiger partial charge on any atom is 0.223 e. The van der Waals surface area contributed by atoms with E-state index in [1.165, 1.54) is 0 Å². The molecular weight excluding hydrogens is 273 g/mol. The first-order chi connectivity index (χ1) is 8.08. The van der Waals surface area contributed by atoms with E-state index in [1.807, 2.05) is 6.07 Å². The molecule has 0 aromatic heterocycles. The minimum absolute atomic E-state index is 0. The molecule has 0 aliphatic heterocycles. The molecule has 0 heterocycles. The SMILES string of the molecule is Cl.N=C(N)c1cc(CNC(=O)C2CC2)ccc1Cl. The van der Waals surface area contributed by atoms with E-state index in [4.69, 9.17) is 22.7 Å². The lowest BCUT2D eigenvalue weighted by Gasteiger charge is -2.07. The van der Waals surface area contributed by atoms with Crippen LogP contribution in [0.3, 0.4) is 0 Å². The topological polar surface area (TPSA) is 79.0 Å². The van der Waals surface area contributed by atoms with Crippen molar-refractivity contribution in [1.82, 2.24) is 5.32 Å². The summed E-state index contributed by atoms with van der Waals surface area (Å²) in [5, 5.41) is 10.7. The minimum atomic E-state index is -0.0645. The second-order valence-corrected chi connectivity index (χ2v) is 4.63. The summed E-state index contributed by atoms with van der Waals surface area (Å²) in [6.45, 7) is 0.451. The standard InChI is InChI=1S/C12H14ClN3O.ClH/c13-10-4-1-7(5-9(10)11(14)15)6-16-12(17)8-2-3-8;/h1,4-5,8H,2-3,6H2,(H3,14,15)(H,16,17);1H. The van der Waals surface area contributed by atoms with Crippen molar-refractivity contribution in [3.05, 3.63) is 34.3 Å². The predicted molar refractivity (Wildman–Crippen MR) is 74.3 cm³/mol. The number of benzene rings is 1. The van der Waals surface area contributed by atoms with Crippen LogP contribution in [0.4, 0.5) is 0 Å². The molecule has 98 valence electrons. The van der Waals surface area contributed by atoms with Crippen molar-refractivity contribution in [2.75, 3.05) is 0 Å². The summed E-state index contributed by atoms with van der Waals surface area (Å²) in [6, 6.07) is 5.25. The molecule has 6 heteroatoms. The number of nitrogen functional groups attached to an aromatic ring is 1. The molecule has 1 aliphatic carbocycles. The highest BCUT2D eigenvalue weighted by atomic mass is 35.5. The van der Waals surface area contributed by atoms with Crippen LogP contribution in [-0.4, -0.2) is 11.7 Å². The van der Waals surface area contributed by atoms with Gasteiger partial charge in [0.2, 0.25) is 5.91 Å². The van der Waals surface area contributed by atoms with Gasteiger partial charge in [-0.15, -0.1) is 12.4 Å². The molecule has 4 nitrogen and oxygen atoms in total. The molecule has 0 atom stereocenters. The van der Waals surface area contributed by atoms with Gasteiger partial charge in [-0.3, -0.25) is 10.2 Å². The van der Waals surface area contributed by atoms with E-state index in [2.05, 4.69) is 5.32 Å². The Balaban J connectivity index is 0.00000162. The zero-order valence-electron chi connectivity index (χ0n) is 9.70. The number of hydrogen-bond acceptors (Lipinski definition) is 2. The summed E-state index contributed by atoms with van der Waals surface area (Å²) in [5.74, 6) is 0.240. The molecule has 0 bridgehead atoms. The molecule has 1 fully saturated rings. The lowest BCUT2D eigenvalue weighted by atomic mass is 10.1. The molecule has 4 N–H and O–H groups in total. The molecule has 1 aromatic carbocycles. The van der Waals surface area contributed by atoms with Crippen LogP contribution in [0.1, 0.15) is 24.0 Å². The van der Waals surface area contributed by atoms with Crippen LogP contribution in [0.5, 0.6) is 0 Å². The third-order valence-corrected chi connectivity index (χ3v) is 3.07. The highest BCUT2D eigenvalue weighted by molar-refractivity contribution is 6.33. The average molecular weight is 288 g/mol. The second kappa shape index (κ2) is 6.07. The molecule has 0 unspecified atom stereocenters. The minimum Gasteiger partial charge on any atom is -0.384 e. The number of amides is 1. The fourth-order valence-electron chi connectivity index (χ4n) is 1.57. The van der Waals surface area contributed by atoms with Crippen LogP contribution in [0.25, 0.3) is 0 Å². The zero-order chi connectivity index (χ0) is 12.4. The van der Waals surface area contributed by atoms with Crippen molar-refractivity contribution in [3.8, 4) is 0 Å². The average Bonchev–Trinajstić information content (AvgIpc) is 3.11. The van der Waals surface area contributed by atoms with Gasteiger partial charge in [0.1, 0.15) is 5.84 Å². The van der Waals surface area contributed by atoms with E-state index in [9.17, 15) is 4.79 Å². The number of rotatable bonds is 4. The summed E-state index contributed by atoms with van der Waals surface area (Å²) in [4.78, 5) is 11.5. The number of nitrogens with two attached hydrogens (primary N) is 1. The lowest BCUT2D eigenvalue weighted by Crippen LogP contribution is -2.24. The lowest BCUT2D eigenvalue weighted by molar-refractivity contribution is -0.122. The Bertz CT molecular complexity index is 472. The van der Waals surface area contributed by atoms with E-state index in [0.29, 0.717) is 17.1 Å². The quantitative estimate of drug-likeness (QED) is 0.586. The van der Waals surface area contributed by atoms with Crippen LogP contribution < -0.4 is 11.1 Å². The third kappa shape index (κ3) is 3.62. The van der Waals surface area contributed by atoms with E-state index in [-0.39, 0.29) is 30.1 Å². The maximum absolute atomic E-state index is 11.5. The Morgan fingerprint density at radius 2 is 2.17 bits per heavy atom. The fraction of sp³-hybridized carbons (Fsp3) is 0.333. The van der Waals surface area contributed by atoms with Crippen molar-refractivity contribution < 1.29 is 4.79 Å². The van der Waals surface area contributed by atoms with E-state index in [1.54, 1.807) is 12.1 Å². The van der Waals surface area contributed by atoms with E-state index < -0.39 is 0 Å². The van der Waals surface area contributed by atoms with Gasteiger partial charge >= 0.3 is 0 Å². The first-order valence-corrected chi connectivity index (χ1v) is 5.86. The third-order valence-electron chi connectivity index (χ3n) is 2.74. The van der Waals surface area contributed by atoms with E-state index >= 15 is 0 Å². The zero-order valence-corrected chi connectivity index (χ0v) is 11.3. The van der Waals surface area contributed by atoms with E-state index in [0.717, 1.165) is 18.4 Å². The van der Waals surface area contributed by atoms with Crippen molar-refractivity contribution in [3.63, 3.8) is 0 Å². The molecule has 1 aromatic rings. The molecule has 0 radical (unpaired) electrons. The van der Waals surface area contributed by atoms with Crippen LogP contribution in [0, 0.1) is 11.3 Å². The fourth-order valence-corrected chi connectivity index (χ4v) is 1.79. The Labute approximate surface area is 117 Å². The van der Waals surface area contributed by atoms with Gasteiger partial charge in [0, 0.05) is 18.0 Å². The van der Waals surface area contributed by atoms with Gasteiger partial charge in [0.05, 0.1) is 5.02 Å². The van der Waals surface area contributed by atoms with Gasteiger partial charge in [-0.25, -0.2) is 0 Å². The molecule has 1 amide bonds. The molecule has 1 saturated carbocycles. The first kappa shape index (κ1) is 14.8. The normalized spacial score (nSPS) is 13.6. The second-order valence-electron chi connectivity index (χ2n) is 4.22. The molecule has 1 aliphatic rings. The smallest absolute Gasteiger partial charge is 0.223 e. The Morgan fingerprint density at radius 1 is 1.50 bits per heavy atom. The number of amidine groups is 1. The van der Waals surface area contributed by atoms with Gasteiger partial charge in [0.15, 0.2) is 0 Å². The molecule has 2 rings (SSSR count). The van der Waals surface area contributed by atoms with Crippen molar-refractivity contribution in [2.45, 2.75) is 19.4 Å². The highest BCUT2D eigenvalue weighted by Crippen LogP contribution is 2.28. The van der Waals surface area contributed by atoms with Crippen LogP contribution in [-0.2, 0) is 11.3 Å². The predicted octanol–water partition coefficient (Wildman–Crippen LogP) is 2.07. The van der Waals surface area contributed by atoms with Gasteiger partial charge < -0.3 is 11.1 Å². The Kier molecular flexibility index (Phi) is 4.99. The van der Waals surface area contributed by atoms with Crippen molar-refractivity contribution in [2.24, 2.45) is 11.7 Å². The summed E-state index contributed by atoms with van der Waals surface area (Å²) in [7, 11) is 0. The van der Waals surface area contributed by atoms with Gasteiger partial charge in [-0.1, -0.05) is 17.7 Å². The summed E-state index contributed by atoms with van der Waals surface area (Å²) in [5.41, 5.74) is 6.81. The summed E-state index contributed by atoms with van der Waals surface area (Å²) in [6.07, 6.45) is 1.98. The monoisotopic (exact) mass is 287 g/mol. The largest absolute Gasteiger partial charge is 0.384 e. The van der Waals surface area contributed by atoms with Gasteiger partial charge in [-0.05, 0) is 30.5 Å². The number of carbonyl (C=O) groups is 1. The number of carbonyl (C=O) groups excluding carboxylic acids is 1. The van der Waals surface area contributed by atoms with Gasteiger partial charge in [-0.2, -0.15) is 0 Å². The molecule has 0 spiro atoms. The van der Waals surface area contributed by atoms with Crippen molar-refractivity contribution in [1.29, 1.82) is 5.41 Å². The van der Waals surface area contributed by atoms with Gasteiger partial charge in [0.25, 0.3) is 0 Å². The number of hydrogen-bond donors (Lipinski definition) is 3. The van der Waals surface area contributed by atoms with Crippen LogP contribution in [0.2, 0.25) is 5.02 Å². The molecule has 0 saturated heterocycles. The Morgan fingerprint density at radius 3 is 2.72 bits per heavy atom. The summed E-state index contributed by atoms with van der Waals surface area (Å²) >= 11 is 5.91. The highest BCUT2D eigenvalue weighted by Gasteiger charge is 2.29. The van der Waals surface area contributed by atoms with Crippen LogP contribution in [0.15, 0.2) is 18.2 Å². The van der Waals surface area contributed by atoms with Crippen LogP contribution >= 0.6 is 24.0 Å². The summed E-state index contributed by atoms with van der Waals surface area (Å²) < 4.78 is 0. The number of nitrogens with one attached hydrogen (secondary N) is 2. The Hall–Kier alpha value is -1.26. The molecular formula is C12H15Cl2N3O. The first-order valence-electron chi connectivity index (χ1n) is 5.48. The molecule has 18 heavy (non-hydrogen) atoms. The van der Waals surface area contributed by atoms with Crippen molar-refractivity contribution >= 4 is 35.8 Å². The maximum atomic E-state index is 11.5.